The third kappa shape index (κ3) is 3.84. The van der Waals surface area contributed by atoms with E-state index in [-0.39, 0.29) is 0 Å². The summed E-state index contributed by atoms with van der Waals surface area (Å²) in [6.45, 7) is 7.41. The van der Waals surface area contributed by atoms with Gasteiger partial charge in [-0.3, -0.25) is 0 Å². The van der Waals surface area contributed by atoms with Crippen molar-refractivity contribution in [3.8, 4) is 11.5 Å². The average Bonchev–Trinajstić information content (AvgIpc) is 2.48. The van der Waals surface area contributed by atoms with Crippen molar-refractivity contribution in [3.63, 3.8) is 0 Å². The number of hydrogen-bond donors (Lipinski definition) is 1. The lowest BCUT2D eigenvalue weighted by atomic mass is 10.1. The molecule has 2 rings (SSSR count). The van der Waals surface area contributed by atoms with E-state index in [1.165, 1.54) is 11.1 Å². The summed E-state index contributed by atoms with van der Waals surface area (Å²) in [4.78, 5) is 0. The van der Waals surface area contributed by atoms with Gasteiger partial charge in [0.2, 0.25) is 0 Å². The first-order valence-corrected chi connectivity index (χ1v) is 7.33. The van der Waals surface area contributed by atoms with Crippen molar-refractivity contribution < 1.29 is 4.74 Å². The fourth-order valence-electron chi connectivity index (χ4n) is 2.21. The Labute approximate surface area is 121 Å². The van der Waals surface area contributed by atoms with Gasteiger partial charge < -0.3 is 10.1 Å². The van der Waals surface area contributed by atoms with E-state index in [0.717, 1.165) is 24.5 Å². The minimum absolute atomic E-state index is 0.373. The molecule has 0 aliphatic carbocycles. The first-order chi connectivity index (χ1) is 9.72. The lowest BCUT2D eigenvalue weighted by Gasteiger charge is -2.13. The zero-order chi connectivity index (χ0) is 14.4. The Morgan fingerprint density at radius 3 is 2.40 bits per heavy atom. The monoisotopic (exact) mass is 269 g/mol. The SMILES string of the molecule is CCNC(C)c1ccc(Oc2cccc(CC)c2)cc1. The Balaban J connectivity index is 2.06. The van der Waals surface area contributed by atoms with E-state index < -0.39 is 0 Å². The topological polar surface area (TPSA) is 21.3 Å². The molecule has 0 fully saturated rings. The first-order valence-electron chi connectivity index (χ1n) is 7.33. The third-order valence-corrected chi connectivity index (χ3v) is 3.43. The highest BCUT2D eigenvalue weighted by Crippen LogP contribution is 2.24. The normalized spacial score (nSPS) is 12.2. The van der Waals surface area contributed by atoms with Gasteiger partial charge in [-0.15, -0.1) is 0 Å². The smallest absolute Gasteiger partial charge is 0.127 e. The Kier molecular flexibility index (Phi) is 5.19. The maximum Gasteiger partial charge on any atom is 0.127 e. The lowest BCUT2D eigenvalue weighted by Crippen LogP contribution is -2.17. The molecule has 2 aromatic carbocycles. The second kappa shape index (κ2) is 7.11. The number of benzene rings is 2. The van der Waals surface area contributed by atoms with Crippen LogP contribution in [0.1, 0.15) is 37.9 Å². The maximum absolute atomic E-state index is 5.90. The molecule has 106 valence electrons. The predicted molar refractivity (Wildman–Crippen MR) is 84.4 cm³/mol. The number of hydrogen-bond acceptors (Lipinski definition) is 2. The van der Waals surface area contributed by atoms with Crippen LogP contribution in [0, 0.1) is 0 Å². The molecule has 20 heavy (non-hydrogen) atoms. The zero-order valence-corrected chi connectivity index (χ0v) is 12.5. The largest absolute Gasteiger partial charge is 0.457 e. The molecule has 2 heteroatoms. The Hall–Kier alpha value is -1.80. The number of nitrogens with one attached hydrogen (secondary N) is 1. The van der Waals surface area contributed by atoms with Crippen molar-refractivity contribution in [2.45, 2.75) is 33.2 Å². The zero-order valence-electron chi connectivity index (χ0n) is 12.5. The van der Waals surface area contributed by atoms with Crippen LogP contribution in [0.2, 0.25) is 0 Å². The molecular formula is C18H23NO. The van der Waals surface area contributed by atoms with Gasteiger partial charge in [0, 0.05) is 6.04 Å². The van der Waals surface area contributed by atoms with Crippen molar-refractivity contribution in [1.82, 2.24) is 5.32 Å². The standard InChI is InChI=1S/C18H23NO/c1-4-15-7-6-8-18(13-15)20-17-11-9-16(10-12-17)14(3)19-5-2/h6-14,19H,4-5H2,1-3H3. The van der Waals surface area contributed by atoms with Crippen molar-refractivity contribution >= 4 is 0 Å². The Morgan fingerprint density at radius 2 is 1.75 bits per heavy atom. The van der Waals surface area contributed by atoms with Crippen LogP contribution in [0.5, 0.6) is 11.5 Å². The molecule has 0 radical (unpaired) electrons. The van der Waals surface area contributed by atoms with Gasteiger partial charge in [0.1, 0.15) is 11.5 Å². The molecule has 2 aromatic rings. The van der Waals surface area contributed by atoms with Crippen LogP contribution >= 0.6 is 0 Å². The third-order valence-electron chi connectivity index (χ3n) is 3.43. The summed E-state index contributed by atoms with van der Waals surface area (Å²) >= 11 is 0. The van der Waals surface area contributed by atoms with E-state index >= 15 is 0 Å². The van der Waals surface area contributed by atoms with Crippen LogP contribution < -0.4 is 10.1 Å². The summed E-state index contributed by atoms with van der Waals surface area (Å²) in [6.07, 6.45) is 1.02. The van der Waals surface area contributed by atoms with Gasteiger partial charge in [0.05, 0.1) is 0 Å². The van der Waals surface area contributed by atoms with Gasteiger partial charge in [0.25, 0.3) is 0 Å². The molecule has 1 unspecified atom stereocenters. The minimum atomic E-state index is 0.373. The van der Waals surface area contributed by atoms with Gasteiger partial charge in [-0.2, -0.15) is 0 Å². The molecule has 0 bridgehead atoms. The van der Waals surface area contributed by atoms with Crippen LogP contribution in [-0.4, -0.2) is 6.54 Å². The molecular weight excluding hydrogens is 246 g/mol. The summed E-state index contributed by atoms with van der Waals surface area (Å²) < 4.78 is 5.90. The Bertz CT molecular complexity index is 533. The number of rotatable bonds is 6. The van der Waals surface area contributed by atoms with E-state index in [1.807, 2.05) is 24.3 Å². The molecule has 0 heterocycles. The van der Waals surface area contributed by atoms with Crippen molar-refractivity contribution in [1.29, 1.82) is 0 Å². The van der Waals surface area contributed by atoms with Gasteiger partial charge in [-0.25, -0.2) is 0 Å². The highest BCUT2D eigenvalue weighted by molar-refractivity contribution is 5.35. The van der Waals surface area contributed by atoms with Crippen LogP contribution in [0.15, 0.2) is 48.5 Å². The highest BCUT2D eigenvalue weighted by atomic mass is 16.5. The minimum Gasteiger partial charge on any atom is -0.457 e. The average molecular weight is 269 g/mol. The molecule has 0 saturated carbocycles. The van der Waals surface area contributed by atoms with Crippen molar-refractivity contribution in [3.05, 3.63) is 59.7 Å². The molecule has 0 aliphatic heterocycles. The summed E-state index contributed by atoms with van der Waals surface area (Å²) in [5.74, 6) is 1.78. The molecule has 0 spiro atoms. The predicted octanol–water partition coefficient (Wildman–Crippen LogP) is 4.71. The summed E-state index contributed by atoms with van der Waals surface area (Å²) in [5, 5.41) is 3.41. The second-order valence-electron chi connectivity index (χ2n) is 4.95. The van der Waals surface area contributed by atoms with Crippen LogP contribution in [0.4, 0.5) is 0 Å². The van der Waals surface area contributed by atoms with E-state index in [0.29, 0.717) is 6.04 Å². The van der Waals surface area contributed by atoms with E-state index in [2.05, 4.69) is 50.4 Å². The highest BCUT2D eigenvalue weighted by Gasteiger charge is 2.04. The van der Waals surface area contributed by atoms with Gasteiger partial charge >= 0.3 is 0 Å². The van der Waals surface area contributed by atoms with Crippen LogP contribution in [0.25, 0.3) is 0 Å². The summed E-state index contributed by atoms with van der Waals surface area (Å²) in [7, 11) is 0. The molecule has 2 nitrogen and oxygen atoms in total. The Morgan fingerprint density at radius 1 is 1.00 bits per heavy atom. The van der Waals surface area contributed by atoms with Crippen molar-refractivity contribution in [2.24, 2.45) is 0 Å². The molecule has 0 aromatic heterocycles. The van der Waals surface area contributed by atoms with Gasteiger partial charge in [0.15, 0.2) is 0 Å². The summed E-state index contributed by atoms with van der Waals surface area (Å²) in [6, 6.07) is 16.9. The fraction of sp³-hybridized carbons (Fsp3) is 0.333. The fourth-order valence-corrected chi connectivity index (χ4v) is 2.21. The first kappa shape index (κ1) is 14.6. The molecule has 1 N–H and O–H groups in total. The van der Waals surface area contributed by atoms with E-state index in [9.17, 15) is 0 Å². The molecule has 0 aliphatic rings. The molecule has 0 amide bonds. The van der Waals surface area contributed by atoms with Crippen LogP contribution in [-0.2, 0) is 6.42 Å². The quantitative estimate of drug-likeness (QED) is 0.820. The van der Waals surface area contributed by atoms with E-state index in [4.69, 9.17) is 4.74 Å². The second-order valence-corrected chi connectivity index (χ2v) is 4.95. The summed E-state index contributed by atoms with van der Waals surface area (Å²) in [5.41, 5.74) is 2.57. The molecule has 0 saturated heterocycles. The molecule has 1 atom stereocenters. The van der Waals surface area contributed by atoms with E-state index in [1.54, 1.807) is 0 Å². The van der Waals surface area contributed by atoms with Gasteiger partial charge in [-0.1, -0.05) is 38.1 Å². The number of aryl methyl sites for hydroxylation is 1. The maximum atomic E-state index is 5.90. The van der Waals surface area contributed by atoms with Gasteiger partial charge in [-0.05, 0) is 55.3 Å². The number of ether oxygens (including phenoxy) is 1. The van der Waals surface area contributed by atoms with Crippen molar-refractivity contribution in [2.75, 3.05) is 6.54 Å². The van der Waals surface area contributed by atoms with Crippen LogP contribution in [0.3, 0.4) is 0 Å². The lowest BCUT2D eigenvalue weighted by molar-refractivity contribution is 0.481.